The van der Waals surface area contributed by atoms with Gasteiger partial charge in [0.2, 0.25) is 0 Å². The molecule has 3 heterocycles. The van der Waals surface area contributed by atoms with E-state index in [0.717, 1.165) is 11.6 Å². The second-order valence-corrected chi connectivity index (χ2v) is 6.69. The zero-order valence-corrected chi connectivity index (χ0v) is 16.2. The number of alkyl halides is 3. The Bertz CT molecular complexity index is 1290. The van der Waals surface area contributed by atoms with Crippen LogP contribution in [-0.2, 0) is 12.7 Å². The Morgan fingerprint density at radius 3 is 2.52 bits per heavy atom. The minimum Gasteiger partial charge on any atom is -0.246 e. The van der Waals surface area contributed by atoms with Gasteiger partial charge in [-0.25, -0.2) is 19.6 Å². The van der Waals surface area contributed by atoms with Crippen LogP contribution in [-0.4, -0.2) is 29.9 Å². The van der Waals surface area contributed by atoms with Gasteiger partial charge < -0.3 is 0 Å². The SMILES string of the molecule is Cc1nc(-c2cccc(C#N)c2)cc(-c2cn(Cc3cccc(C(F)(F)F)n3)nn2)n1. The van der Waals surface area contributed by atoms with E-state index in [-0.39, 0.29) is 12.2 Å². The van der Waals surface area contributed by atoms with Crippen molar-refractivity contribution in [3.8, 4) is 28.7 Å². The van der Waals surface area contributed by atoms with Gasteiger partial charge in [0.15, 0.2) is 0 Å². The molecular weight excluding hydrogens is 407 g/mol. The van der Waals surface area contributed by atoms with E-state index in [1.165, 1.54) is 16.8 Å². The largest absolute Gasteiger partial charge is 0.433 e. The Hall–Kier alpha value is -4.13. The maximum atomic E-state index is 12.9. The van der Waals surface area contributed by atoms with Crippen LogP contribution < -0.4 is 0 Å². The minimum absolute atomic E-state index is 0.0259. The van der Waals surface area contributed by atoms with Crippen LogP contribution in [0.5, 0.6) is 0 Å². The summed E-state index contributed by atoms with van der Waals surface area (Å²) in [5, 5.41) is 17.2. The molecule has 0 radical (unpaired) electrons. The number of rotatable bonds is 4. The Kier molecular flexibility index (Phi) is 5.17. The molecule has 0 unspecified atom stereocenters. The fourth-order valence-corrected chi connectivity index (χ4v) is 2.98. The lowest BCUT2D eigenvalue weighted by Crippen LogP contribution is -2.11. The maximum Gasteiger partial charge on any atom is 0.433 e. The standard InChI is InChI=1S/C21H14F3N7/c1-13-26-17(15-5-2-4-14(8-15)10-25)9-18(27-13)19-12-31(30-29-19)11-16-6-3-7-20(28-16)21(22,23)24/h2-9,12H,11H2,1H3. The minimum atomic E-state index is -4.51. The molecular formula is C21H14F3N7. The van der Waals surface area contributed by atoms with Crippen molar-refractivity contribution < 1.29 is 13.2 Å². The summed E-state index contributed by atoms with van der Waals surface area (Å²) >= 11 is 0. The van der Waals surface area contributed by atoms with Crippen molar-refractivity contribution in [2.75, 3.05) is 0 Å². The average molecular weight is 421 g/mol. The molecule has 0 N–H and O–H groups in total. The van der Waals surface area contributed by atoms with Crippen LogP contribution in [0.25, 0.3) is 22.6 Å². The summed E-state index contributed by atoms with van der Waals surface area (Å²) in [6, 6.07) is 14.6. The number of halogens is 3. The van der Waals surface area contributed by atoms with Gasteiger partial charge in [0.05, 0.1) is 41.5 Å². The van der Waals surface area contributed by atoms with Gasteiger partial charge in [-0.2, -0.15) is 18.4 Å². The van der Waals surface area contributed by atoms with Crippen LogP contribution in [0.1, 0.15) is 22.8 Å². The zero-order chi connectivity index (χ0) is 22.0. The lowest BCUT2D eigenvalue weighted by Gasteiger charge is -2.07. The van der Waals surface area contributed by atoms with Gasteiger partial charge in [-0.1, -0.05) is 23.4 Å². The van der Waals surface area contributed by atoms with Crippen molar-refractivity contribution in [3.63, 3.8) is 0 Å². The van der Waals surface area contributed by atoms with Crippen LogP contribution in [0, 0.1) is 18.3 Å². The Labute approximate surface area is 174 Å². The molecule has 154 valence electrons. The van der Waals surface area contributed by atoms with Crippen molar-refractivity contribution in [3.05, 3.63) is 77.5 Å². The van der Waals surface area contributed by atoms with Gasteiger partial charge in [-0.05, 0) is 37.3 Å². The van der Waals surface area contributed by atoms with Gasteiger partial charge in [-0.15, -0.1) is 5.10 Å². The predicted octanol–water partition coefficient (Wildman–Crippen LogP) is 4.04. The maximum absolute atomic E-state index is 12.9. The zero-order valence-electron chi connectivity index (χ0n) is 16.2. The van der Waals surface area contributed by atoms with Gasteiger partial charge in [-0.3, -0.25) is 0 Å². The molecule has 0 aliphatic rings. The van der Waals surface area contributed by atoms with E-state index in [1.54, 1.807) is 37.4 Å². The van der Waals surface area contributed by atoms with E-state index >= 15 is 0 Å². The van der Waals surface area contributed by atoms with E-state index < -0.39 is 11.9 Å². The molecule has 0 saturated carbocycles. The number of nitrogens with zero attached hydrogens (tertiary/aromatic N) is 7. The van der Waals surface area contributed by atoms with Gasteiger partial charge >= 0.3 is 6.18 Å². The van der Waals surface area contributed by atoms with Gasteiger partial charge in [0.1, 0.15) is 17.2 Å². The molecule has 0 fully saturated rings. The normalized spacial score (nSPS) is 11.3. The highest BCUT2D eigenvalue weighted by Gasteiger charge is 2.32. The molecule has 4 aromatic rings. The molecule has 1 aromatic carbocycles. The summed E-state index contributed by atoms with van der Waals surface area (Å²) in [5.41, 5.74) is 2.08. The number of aromatic nitrogens is 6. The molecule has 0 saturated heterocycles. The van der Waals surface area contributed by atoms with Crippen molar-refractivity contribution >= 4 is 0 Å². The molecule has 0 amide bonds. The number of nitriles is 1. The molecule has 3 aromatic heterocycles. The van der Waals surface area contributed by atoms with Crippen molar-refractivity contribution in [2.45, 2.75) is 19.6 Å². The number of pyridine rings is 1. The summed E-state index contributed by atoms with van der Waals surface area (Å²) in [6.07, 6.45) is -2.93. The highest BCUT2D eigenvalue weighted by molar-refractivity contribution is 5.66. The van der Waals surface area contributed by atoms with Crippen LogP contribution in [0.2, 0.25) is 0 Å². The Morgan fingerprint density at radius 2 is 1.74 bits per heavy atom. The van der Waals surface area contributed by atoms with E-state index in [9.17, 15) is 13.2 Å². The molecule has 0 atom stereocenters. The molecule has 0 spiro atoms. The van der Waals surface area contributed by atoms with Gasteiger partial charge in [0.25, 0.3) is 0 Å². The van der Waals surface area contributed by atoms with Crippen molar-refractivity contribution in [1.29, 1.82) is 5.26 Å². The van der Waals surface area contributed by atoms with Crippen LogP contribution in [0.3, 0.4) is 0 Å². The summed E-state index contributed by atoms with van der Waals surface area (Å²) in [4.78, 5) is 12.4. The Morgan fingerprint density at radius 1 is 0.968 bits per heavy atom. The smallest absolute Gasteiger partial charge is 0.246 e. The molecule has 10 heteroatoms. The fourth-order valence-electron chi connectivity index (χ4n) is 2.98. The van der Waals surface area contributed by atoms with Crippen LogP contribution >= 0.6 is 0 Å². The predicted molar refractivity (Wildman–Crippen MR) is 104 cm³/mol. The average Bonchev–Trinajstić information content (AvgIpc) is 3.21. The monoisotopic (exact) mass is 421 g/mol. The second kappa shape index (κ2) is 7.95. The summed E-state index contributed by atoms with van der Waals surface area (Å²) < 4.78 is 40.0. The van der Waals surface area contributed by atoms with Crippen molar-refractivity contribution in [2.24, 2.45) is 0 Å². The van der Waals surface area contributed by atoms with Crippen LogP contribution in [0.15, 0.2) is 54.7 Å². The third-order valence-corrected chi connectivity index (χ3v) is 4.35. The topological polar surface area (TPSA) is 93.2 Å². The van der Waals surface area contributed by atoms with E-state index in [4.69, 9.17) is 5.26 Å². The lowest BCUT2D eigenvalue weighted by atomic mass is 10.1. The quantitative estimate of drug-likeness (QED) is 0.494. The summed E-state index contributed by atoms with van der Waals surface area (Å²) in [5.74, 6) is 0.504. The fraction of sp³-hybridized carbons (Fsp3) is 0.143. The van der Waals surface area contributed by atoms with E-state index in [0.29, 0.717) is 28.5 Å². The highest BCUT2D eigenvalue weighted by Crippen LogP contribution is 2.27. The van der Waals surface area contributed by atoms with Gasteiger partial charge in [0, 0.05) is 5.56 Å². The highest BCUT2D eigenvalue weighted by atomic mass is 19.4. The molecule has 0 aliphatic carbocycles. The third kappa shape index (κ3) is 4.56. The molecule has 4 rings (SSSR count). The van der Waals surface area contributed by atoms with E-state index in [1.807, 2.05) is 6.07 Å². The lowest BCUT2D eigenvalue weighted by molar-refractivity contribution is -0.141. The second-order valence-electron chi connectivity index (χ2n) is 6.69. The number of hydrogen-bond donors (Lipinski definition) is 0. The molecule has 31 heavy (non-hydrogen) atoms. The summed E-state index contributed by atoms with van der Waals surface area (Å²) in [7, 11) is 0. The first-order chi connectivity index (χ1) is 14.8. The summed E-state index contributed by atoms with van der Waals surface area (Å²) in [6.45, 7) is 1.76. The molecule has 0 aliphatic heterocycles. The number of hydrogen-bond acceptors (Lipinski definition) is 6. The first-order valence-corrected chi connectivity index (χ1v) is 9.12. The first kappa shape index (κ1) is 20.2. The number of benzene rings is 1. The number of aryl methyl sites for hydroxylation is 1. The first-order valence-electron chi connectivity index (χ1n) is 9.12. The third-order valence-electron chi connectivity index (χ3n) is 4.35. The Balaban J connectivity index is 1.62. The van der Waals surface area contributed by atoms with E-state index in [2.05, 4.69) is 31.3 Å². The molecule has 7 nitrogen and oxygen atoms in total. The van der Waals surface area contributed by atoms with Crippen LogP contribution in [0.4, 0.5) is 13.2 Å². The van der Waals surface area contributed by atoms with Crippen molar-refractivity contribution in [1.82, 2.24) is 29.9 Å². The molecule has 0 bridgehead atoms.